The van der Waals surface area contributed by atoms with Crippen LogP contribution in [0.5, 0.6) is 0 Å². The van der Waals surface area contributed by atoms with Crippen LogP contribution < -0.4 is 10.6 Å². The molecule has 0 radical (unpaired) electrons. The molecule has 1 unspecified atom stereocenters. The third-order valence-corrected chi connectivity index (χ3v) is 4.32. The first-order chi connectivity index (χ1) is 9.33. The fourth-order valence-electron chi connectivity index (χ4n) is 3.20. The highest BCUT2D eigenvalue weighted by Gasteiger charge is 2.25. The van der Waals surface area contributed by atoms with E-state index in [4.69, 9.17) is 0 Å². The number of carbonyl (C=O) groups excluding carboxylic acids is 1. The van der Waals surface area contributed by atoms with Gasteiger partial charge in [0.25, 0.3) is 0 Å². The Morgan fingerprint density at radius 2 is 1.95 bits per heavy atom. The molecule has 20 heavy (non-hydrogen) atoms. The van der Waals surface area contributed by atoms with Crippen molar-refractivity contribution >= 4 is 18.3 Å². The van der Waals surface area contributed by atoms with Gasteiger partial charge in [0.05, 0.1) is 6.04 Å². The molecule has 2 N–H and O–H groups in total. The van der Waals surface area contributed by atoms with Crippen molar-refractivity contribution in [1.29, 1.82) is 0 Å². The quantitative estimate of drug-likeness (QED) is 0.878. The van der Waals surface area contributed by atoms with E-state index in [1.165, 1.54) is 24.0 Å². The maximum absolute atomic E-state index is 12.2. The fourth-order valence-corrected chi connectivity index (χ4v) is 3.20. The summed E-state index contributed by atoms with van der Waals surface area (Å²) in [7, 11) is 0. The summed E-state index contributed by atoms with van der Waals surface area (Å²) < 4.78 is 0. The van der Waals surface area contributed by atoms with E-state index in [1.54, 1.807) is 0 Å². The molecule has 110 valence electrons. The third kappa shape index (κ3) is 3.53. The number of piperidine rings is 1. The van der Waals surface area contributed by atoms with Crippen LogP contribution in [0.15, 0.2) is 24.3 Å². The van der Waals surface area contributed by atoms with Crippen molar-refractivity contribution in [3.8, 4) is 0 Å². The summed E-state index contributed by atoms with van der Waals surface area (Å²) in [6.07, 6.45) is 6.47. The second kappa shape index (κ2) is 7.09. The largest absolute Gasteiger partial charge is 0.352 e. The van der Waals surface area contributed by atoms with Crippen molar-refractivity contribution in [1.82, 2.24) is 10.6 Å². The summed E-state index contributed by atoms with van der Waals surface area (Å²) in [6.45, 7) is 0.978. The minimum absolute atomic E-state index is 0. The first kappa shape index (κ1) is 15.3. The Kier molecular flexibility index (Phi) is 5.44. The fraction of sp³-hybridized carbons (Fsp3) is 0.562. The number of halogens is 1. The minimum atomic E-state index is 0. The molecule has 3 nitrogen and oxygen atoms in total. The number of rotatable bonds is 2. The smallest absolute Gasteiger partial charge is 0.237 e. The van der Waals surface area contributed by atoms with Crippen LogP contribution in [0.4, 0.5) is 0 Å². The second-order valence-electron chi connectivity index (χ2n) is 5.72. The van der Waals surface area contributed by atoms with E-state index in [2.05, 4.69) is 34.9 Å². The maximum Gasteiger partial charge on any atom is 0.237 e. The molecule has 1 saturated heterocycles. The predicted octanol–water partition coefficient (Wildman–Crippen LogP) is 2.22. The Balaban J connectivity index is 0.00000147. The van der Waals surface area contributed by atoms with Crippen molar-refractivity contribution in [2.75, 3.05) is 6.54 Å². The monoisotopic (exact) mass is 294 g/mol. The first-order valence-corrected chi connectivity index (χ1v) is 7.43. The SMILES string of the molecule is Cl.O=C(NC1CCc2ccccc2C1)[C@H]1CCCCN1. The van der Waals surface area contributed by atoms with Crippen LogP contribution in [0.25, 0.3) is 0 Å². The van der Waals surface area contributed by atoms with Crippen LogP contribution in [0, 0.1) is 0 Å². The van der Waals surface area contributed by atoms with Gasteiger partial charge in [-0.2, -0.15) is 0 Å². The molecule has 2 aliphatic rings. The summed E-state index contributed by atoms with van der Waals surface area (Å²) in [5.41, 5.74) is 2.85. The minimum Gasteiger partial charge on any atom is -0.352 e. The normalized spacial score (nSPS) is 25.2. The Morgan fingerprint density at radius 3 is 2.70 bits per heavy atom. The third-order valence-electron chi connectivity index (χ3n) is 4.32. The highest BCUT2D eigenvalue weighted by atomic mass is 35.5. The number of nitrogens with one attached hydrogen (secondary N) is 2. The lowest BCUT2D eigenvalue weighted by Gasteiger charge is -2.29. The molecule has 1 aromatic rings. The zero-order chi connectivity index (χ0) is 13.1. The van der Waals surface area contributed by atoms with E-state index < -0.39 is 0 Å². The average molecular weight is 295 g/mol. The van der Waals surface area contributed by atoms with Gasteiger partial charge in [0.1, 0.15) is 0 Å². The summed E-state index contributed by atoms with van der Waals surface area (Å²) in [5, 5.41) is 6.54. The van der Waals surface area contributed by atoms with E-state index >= 15 is 0 Å². The predicted molar refractivity (Wildman–Crippen MR) is 83.3 cm³/mol. The molecule has 0 spiro atoms. The maximum atomic E-state index is 12.2. The van der Waals surface area contributed by atoms with Crippen molar-refractivity contribution < 1.29 is 4.79 Å². The number of hydrogen-bond acceptors (Lipinski definition) is 2. The van der Waals surface area contributed by atoms with E-state index in [-0.39, 0.29) is 24.4 Å². The topological polar surface area (TPSA) is 41.1 Å². The molecule has 1 aromatic carbocycles. The van der Waals surface area contributed by atoms with E-state index in [9.17, 15) is 4.79 Å². The summed E-state index contributed by atoms with van der Waals surface area (Å²) in [5.74, 6) is 0.198. The number of aryl methyl sites for hydroxylation is 1. The van der Waals surface area contributed by atoms with Crippen LogP contribution in [-0.2, 0) is 17.6 Å². The van der Waals surface area contributed by atoms with Gasteiger partial charge in [-0.25, -0.2) is 0 Å². The van der Waals surface area contributed by atoms with Crippen LogP contribution in [0.1, 0.15) is 36.8 Å². The zero-order valence-electron chi connectivity index (χ0n) is 11.7. The molecule has 1 heterocycles. The van der Waals surface area contributed by atoms with Gasteiger partial charge in [0, 0.05) is 6.04 Å². The molecule has 1 fully saturated rings. The van der Waals surface area contributed by atoms with Crippen molar-refractivity contribution in [3.63, 3.8) is 0 Å². The van der Waals surface area contributed by atoms with E-state index in [1.807, 2.05) is 0 Å². The van der Waals surface area contributed by atoms with Gasteiger partial charge in [-0.15, -0.1) is 12.4 Å². The molecule has 0 aromatic heterocycles. The lowest BCUT2D eigenvalue weighted by Crippen LogP contribution is -2.50. The van der Waals surface area contributed by atoms with Gasteiger partial charge in [0.15, 0.2) is 0 Å². The molecular weight excluding hydrogens is 272 g/mol. The molecule has 1 aliphatic heterocycles. The van der Waals surface area contributed by atoms with Crippen molar-refractivity contribution in [2.24, 2.45) is 0 Å². The molecule has 0 bridgehead atoms. The average Bonchev–Trinajstić information content (AvgIpc) is 2.48. The zero-order valence-corrected chi connectivity index (χ0v) is 12.5. The van der Waals surface area contributed by atoms with Crippen LogP contribution >= 0.6 is 12.4 Å². The highest BCUT2D eigenvalue weighted by molar-refractivity contribution is 5.85. The van der Waals surface area contributed by atoms with Crippen molar-refractivity contribution in [3.05, 3.63) is 35.4 Å². The van der Waals surface area contributed by atoms with Gasteiger partial charge in [-0.1, -0.05) is 30.7 Å². The van der Waals surface area contributed by atoms with Crippen molar-refractivity contribution in [2.45, 2.75) is 50.6 Å². The summed E-state index contributed by atoms with van der Waals surface area (Å²) in [6, 6.07) is 8.93. The molecule has 1 amide bonds. The number of amides is 1. The molecule has 3 rings (SSSR count). The standard InChI is InChI=1S/C16H22N2O.ClH/c19-16(15-7-3-4-10-17-15)18-14-9-8-12-5-1-2-6-13(12)11-14;/h1-2,5-6,14-15,17H,3-4,7-11H2,(H,18,19);1H/t14?,15-;/m1./s1. The molecule has 4 heteroatoms. The van der Waals surface area contributed by atoms with Crippen LogP contribution in [0.2, 0.25) is 0 Å². The Morgan fingerprint density at radius 1 is 1.15 bits per heavy atom. The summed E-state index contributed by atoms with van der Waals surface area (Å²) in [4.78, 5) is 12.2. The Bertz CT molecular complexity index is 458. The summed E-state index contributed by atoms with van der Waals surface area (Å²) >= 11 is 0. The molecule has 0 saturated carbocycles. The van der Waals surface area contributed by atoms with Gasteiger partial charge in [0.2, 0.25) is 5.91 Å². The van der Waals surface area contributed by atoms with E-state index in [0.717, 1.165) is 32.2 Å². The molecule has 1 aliphatic carbocycles. The van der Waals surface area contributed by atoms with Gasteiger partial charge >= 0.3 is 0 Å². The lowest BCUT2D eigenvalue weighted by molar-refractivity contribution is -0.124. The number of benzene rings is 1. The van der Waals surface area contributed by atoms with Crippen LogP contribution in [0.3, 0.4) is 0 Å². The number of carbonyl (C=O) groups is 1. The Hall–Kier alpha value is -1.06. The molecular formula is C16H23ClN2O. The first-order valence-electron chi connectivity index (χ1n) is 7.43. The second-order valence-corrected chi connectivity index (χ2v) is 5.72. The Labute approximate surface area is 126 Å². The van der Waals surface area contributed by atoms with Crippen LogP contribution in [-0.4, -0.2) is 24.5 Å². The highest BCUT2D eigenvalue weighted by Crippen LogP contribution is 2.21. The van der Waals surface area contributed by atoms with Gasteiger partial charge < -0.3 is 10.6 Å². The molecule has 2 atom stereocenters. The lowest BCUT2D eigenvalue weighted by atomic mass is 9.88. The number of fused-ring (bicyclic) bond motifs is 1. The number of hydrogen-bond donors (Lipinski definition) is 2. The van der Waals surface area contributed by atoms with Gasteiger partial charge in [-0.05, 0) is 49.8 Å². The van der Waals surface area contributed by atoms with E-state index in [0.29, 0.717) is 6.04 Å². The van der Waals surface area contributed by atoms with Gasteiger partial charge in [-0.3, -0.25) is 4.79 Å².